The first-order valence-electron chi connectivity index (χ1n) is 8.38. The van der Waals surface area contributed by atoms with Gasteiger partial charge in [0.05, 0.1) is 11.5 Å². The van der Waals surface area contributed by atoms with Crippen LogP contribution in [0.4, 0.5) is 10.5 Å². The molecule has 0 unspecified atom stereocenters. The fraction of sp³-hybridized carbons (Fsp3) is 0.529. The molecule has 25 heavy (non-hydrogen) atoms. The van der Waals surface area contributed by atoms with E-state index in [1.165, 1.54) is 62.8 Å². The SMILES string of the molecule is C1CCCCC1.CCOC(=O)CNC(=O)Oc1ccc([N+](=O)[O-])cc1. The number of nitrogens with one attached hydrogen (secondary N) is 1. The Balaban J connectivity index is 0.000000435. The third-order valence-corrected chi connectivity index (χ3v) is 3.44. The fourth-order valence-electron chi connectivity index (χ4n) is 2.20. The summed E-state index contributed by atoms with van der Waals surface area (Å²) in [6, 6.07) is 4.96. The van der Waals surface area contributed by atoms with E-state index in [2.05, 4.69) is 10.1 Å². The highest BCUT2D eigenvalue weighted by molar-refractivity contribution is 5.78. The highest BCUT2D eigenvalue weighted by atomic mass is 16.6. The Bertz CT molecular complexity index is 543. The standard InChI is InChI=1S/C11H12N2O6.C6H12/c1-2-18-10(14)7-12-11(15)19-9-5-3-8(4-6-9)13(16)17;1-2-4-6-5-3-1/h3-6H,2,7H2,1H3,(H,12,15);1-6H2. The summed E-state index contributed by atoms with van der Waals surface area (Å²) in [7, 11) is 0. The van der Waals surface area contributed by atoms with Gasteiger partial charge in [-0.05, 0) is 19.1 Å². The molecule has 0 heterocycles. The van der Waals surface area contributed by atoms with Gasteiger partial charge in [-0.25, -0.2) is 4.79 Å². The lowest BCUT2D eigenvalue weighted by Gasteiger charge is -2.05. The minimum Gasteiger partial charge on any atom is -0.465 e. The van der Waals surface area contributed by atoms with Crippen LogP contribution in [0.15, 0.2) is 24.3 Å². The van der Waals surface area contributed by atoms with E-state index >= 15 is 0 Å². The van der Waals surface area contributed by atoms with E-state index in [1.807, 2.05) is 0 Å². The van der Waals surface area contributed by atoms with Gasteiger partial charge in [0, 0.05) is 12.1 Å². The van der Waals surface area contributed by atoms with Gasteiger partial charge in [0.1, 0.15) is 12.3 Å². The van der Waals surface area contributed by atoms with Crippen LogP contribution in [-0.2, 0) is 9.53 Å². The van der Waals surface area contributed by atoms with Gasteiger partial charge in [-0.3, -0.25) is 14.9 Å². The molecule has 138 valence electrons. The smallest absolute Gasteiger partial charge is 0.413 e. The Morgan fingerprint density at radius 3 is 2.04 bits per heavy atom. The summed E-state index contributed by atoms with van der Waals surface area (Å²) < 4.78 is 9.40. The molecule has 8 heteroatoms. The Hall–Kier alpha value is -2.64. The molecule has 1 aromatic carbocycles. The van der Waals surface area contributed by atoms with Gasteiger partial charge in [-0.1, -0.05) is 38.5 Å². The van der Waals surface area contributed by atoms with Crippen LogP contribution in [0.25, 0.3) is 0 Å². The van der Waals surface area contributed by atoms with Crippen LogP contribution in [0.3, 0.4) is 0 Å². The average molecular weight is 352 g/mol. The van der Waals surface area contributed by atoms with Crippen molar-refractivity contribution in [2.45, 2.75) is 45.4 Å². The summed E-state index contributed by atoms with van der Waals surface area (Å²) in [5, 5.41) is 12.6. The Labute approximate surface area is 146 Å². The number of benzene rings is 1. The lowest BCUT2D eigenvalue weighted by molar-refractivity contribution is -0.384. The maximum atomic E-state index is 11.3. The molecule has 1 fully saturated rings. The quantitative estimate of drug-likeness (QED) is 0.493. The minimum absolute atomic E-state index is 0.112. The van der Waals surface area contributed by atoms with Crippen LogP contribution in [0.1, 0.15) is 45.4 Å². The summed E-state index contributed by atoms with van der Waals surface area (Å²) in [4.78, 5) is 32.1. The van der Waals surface area contributed by atoms with Gasteiger partial charge in [0.25, 0.3) is 5.69 Å². The van der Waals surface area contributed by atoms with Crippen LogP contribution in [0.2, 0.25) is 0 Å². The van der Waals surface area contributed by atoms with Gasteiger partial charge in [0.2, 0.25) is 0 Å². The van der Waals surface area contributed by atoms with Crippen LogP contribution in [-0.4, -0.2) is 30.1 Å². The van der Waals surface area contributed by atoms with E-state index in [-0.39, 0.29) is 24.6 Å². The molecule has 1 saturated carbocycles. The molecule has 1 aliphatic carbocycles. The molecular weight excluding hydrogens is 328 g/mol. The Kier molecular flexibility index (Phi) is 9.65. The van der Waals surface area contributed by atoms with Crippen molar-refractivity contribution < 1.29 is 24.0 Å². The lowest BCUT2D eigenvalue weighted by Crippen LogP contribution is -2.32. The molecular formula is C17H24N2O6. The number of carbonyl (C=O) groups excluding carboxylic acids is 2. The third-order valence-electron chi connectivity index (χ3n) is 3.44. The van der Waals surface area contributed by atoms with Crippen LogP contribution >= 0.6 is 0 Å². The number of carbonyl (C=O) groups is 2. The largest absolute Gasteiger partial charge is 0.465 e. The summed E-state index contributed by atoms with van der Waals surface area (Å²) in [6.45, 7) is 1.56. The molecule has 0 saturated heterocycles. The number of ether oxygens (including phenoxy) is 2. The van der Waals surface area contributed by atoms with Gasteiger partial charge in [0.15, 0.2) is 0 Å². The zero-order valence-electron chi connectivity index (χ0n) is 14.4. The summed E-state index contributed by atoms with van der Waals surface area (Å²) in [6.07, 6.45) is 8.15. The predicted molar refractivity (Wildman–Crippen MR) is 91.5 cm³/mol. The van der Waals surface area contributed by atoms with Gasteiger partial charge >= 0.3 is 12.1 Å². The third kappa shape index (κ3) is 9.29. The number of hydrogen-bond acceptors (Lipinski definition) is 6. The Morgan fingerprint density at radius 1 is 1.08 bits per heavy atom. The zero-order chi connectivity index (χ0) is 18.5. The Morgan fingerprint density at radius 2 is 1.60 bits per heavy atom. The van der Waals surface area contributed by atoms with Crippen molar-refractivity contribution in [3.8, 4) is 5.75 Å². The summed E-state index contributed by atoms with van der Waals surface area (Å²) >= 11 is 0. The fourth-order valence-corrected chi connectivity index (χ4v) is 2.20. The van der Waals surface area contributed by atoms with Crippen LogP contribution in [0, 0.1) is 10.1 Å². The molecule has 1 N–H and O–H groups in total. The highest BCUT2D eigenvalue weighted by Gasteiger charge is 2.09. The van der Waals surface area contributed by atoms with Crippen LogP contribution in [0.5, 0.6) is 5.75 Å². The van der Waals surface area contributed by atoms with Crippen molar-refractivity contribution in [1.29, 1.82) is 0 Å². The van der Waals surface area contributed by atoms with Crippen LogP contribution < -0.4 is 10.1 Å². The summed E-state index contributed by atoms with van der Waals surface area (Å²) in [5.41, 5.74) is -0.112. The molecule has 0 atom stereocenters. The summed E-state index contributed by atoms with van der Waals surface area (Å²) in [5.74, 6) is -0.449. The molecule has 0 radical (unpaired) electrons. The molecule has 0 aromatic heterocycles. The number of nitrogens with zero attached hydrogens (tertiary/aromatic N) is 1. The molecule has 1 aromatic rings. The molecule has 0 bridgehead atoms. The van der Waals surface area contributed by atoms with E-state index < -0.39 is 17.0 Å². The number of non-ortho nitro benzene ring substituents is 1. The monoisotopic (exact) mass is 352 g/mol. The second-order valence-corrected chi connectivity index (χ2v) is 5.42. The zero-order valence-corrected chi connectivity index (χ0v) is 14.4. The molecule has 0 spiro atoms. The second-order valence-electron chi connectivity index (χ2n) is 5.42. The van der Waals surface area contributed by atoms with Crippen molar-refractivity contribution in [1.82, 2.24) is 5.32 Å². The van der Waals surface area contributed by atoms with Crippen molar-refractivity contribution in [2.24, 2.45) is 0 Å². The number of rotatable bonds is 5. The first-order chi connectivity index (χ1) is 12.0. The van der Waals surface area contributed by atoms with E-state index in [1.54, 1.807) is 6.92 Å². The number of nitro benzene ring substituents is 1. The average Bonchev–Trinajstić information content (AvgIpc) is 2.63. The van der Waals surface area contributed by atoms with Crippen molar-refractivity contribution in [3.05, 3.63) is 34.4 Å². The topological polar surface area (TPSA) is 108 Å². The van der Waals surface area contributed by atoms with Crippen molar-refractivity contribution in [3.63, 3.8) is 0 Å². The first kappa shape index (κ1) is 20.4. The molecule has 2 rings (SSSR count). The maximum absolute atomic E-state index is 11.3. The van der Waals surface area contributed by atoms with E-state index in [4.69, 9.17) is 4.74 Å². The molecule has 1 aliphatic rings. The molecule has 8 nitrogen and oxygen atoms in total. The van der Waals surface area contributed by atoms with Crippen molar-refractivity contribution in [2.75, 3.05) is 13.2 Å². The van der Waals surface area contributed by atoms with E-state index in [9.17, 15) is 19.7 Å². The van der Waals surface area contributed by atoms with E-state index in [0.29, 0.717) is 0 Å². The normalized spacial score (nSPS) is 13.0. The second kappa shape index (κ2) is 11.8. The molecule has 1 amide bonds. The highest BCUT2D eigenvalue weighted by Crippen LogP contribution is 2.17. The van der Waals surface area contributed by atoms with Crippen molar-refractivity contribution >= 4 is 17.7 Å². The van der Waals surface area contributed by atoms with Gasteiger partial charge in [-0.2, -0.15) is 0 Å². The lowest BCUT2D eigenvalue weighted by atomic mass is 10.0. The maximum Gasteiger partial charge on any atom is 0.413 e. The predicted octanol–water partition coefficient (Wildman–Crippen LogP) is 3.59. The number of nitro groups is 1. The minimum atomic E-state index is -0.845. The molecule has 0 aliphatic heterocycles. The van der Waals surface area contributed by atoms with E-state index in [0.717, 1.165) is 0 Å². The first-order valence-corrected chi connectivity index (χ1v) is 8.38. The number of hydrogen-bond donors (Lipinski definition) is 1. The number of amides is 1. The van der Waals surface area contributed by atoms with Gasteiger partial charge < -0.3 is 14.8 Å². The van der Waals surface area contributed by atoms with Gasteiger partial charge in [-0.15, -0.1) is 0 Å². The number of esters is 1.